The van der Waals surface area contributed by atoms with Crippen molar-refractivity contribution in [3.05, 3.63) is 89.1 Å². The minimum Gasteiger partial charge on any atom is -0.497 e. The molecule has 4 fully saturated rings. The Kier molecular flexibility index (Phi) is 9.91. The van der Waals surface area contributed by atoms with Crippen molar-refractivity contribution < 1.29 is 47.9 Å². The van der Waals surface area contributed by atoms with Crippen molar-refractivity contribution in [2.45, 2.75) is 99.2 Å². The fraction of sp³-hybridized carbons (Fsp3) is 0.528. The molecule has 14 nitrogen and oxygen atoms in total. The number of piperidine rings is 1. The van der Waals surface area contributed by atoms with E-state index >= 15 is 4.79 Å². The van der Waals surface area contributed by atoms with E-state index in [0.717, 1.165) is 50.3 Å². The van der Waals surface area contributed by atoms with E-state index in [4.69, 9.17) is 28.4 Å². The topological polar surface area (TPSA) is 156 Å². The number of ether oxygens (including phenoxy) is 6. The van der Waals surface area contributed by atoms with Crippen molar-refractivity contribution >= 4 is 34.5 Å². The zero-order valence-corrected chi connectivity index (χ0v) is 39.8. The lowest BCUT2D eigenvalue weighted by molar-refractivity contribution is -0.178. The maximum Gasteiger partial charge on any atom is 0.347 e. The number of aromatic nitrogens is 1. The Hall–Kier alpha value is -5.41. The molecule has 3 aromatic carbocycles. The third-order valence-electron chi connectivity index (χ3n) is 17.5. The second kappa shape index (κ2) is 15.0. The highest BCUT2D eigenvalue weighted by Gasteiger charge is 2.98. The van der Waals surface area contributed by atoms with E-state index in [-0.39, 0.29) is 12.0 Å². The number of H-pyrrole nitrogens is 1. The van der Waals surface area contributed by atoms with Crippen molar-refractivity contribution in [2.24, 2.45) is 11.3 Å². The number of rotatable bonds is 9. The first-order valence-corrected chi connectivity index (χ1v) is 23.9. The van der Waals surface area contributed by atoms with Crippen LogP contribution in [-0.2, 0) is 50.6 Å². The summed E-state index contributed by atoms with van der Waals surface area (Å²) < 4.78 is 37.2. The standard InChI is InChI=1S/C53H62N4O10/c1-9-48(61)27-32-28-50(46(59)64-7,43-36(18-22-56(29-32)30-48)37-24-34(14-17-40(37)54-43)33-12-15-35(62-5)16-13-33)39-25-38-41(26-42(39)63-6)55(4)53-51(38)20-23-57-21-11-19-49(10-2,44(51)57)45(66-31(3)58)52(53,67-53)47(60)65-8/h11-17,19,24-26,32,44-45,54,61H,9-10,18,20-23,27-30H2,1-8H3/t32-,44+,45-,48+,49-,50+,51-,52+,53+/m1/s1. The first-order chi connectivity index (χ1) is 32.2. The molecule has 14 heteroatoms. The molecule has 4 aromatic rings. The van der Waals surface area contributed by atoms with Gasteiger partial charge in [-0.1, -0.05) is 44.2 Å². The second-order valence-electron chi connectivity index (χ2n) is 20.3. The molecule has 0 radical (unpaired) electrons. The highest BCUT2D eigenvalue weighted by Crippen LogP contribution is 2.80. The molecule has 2 N–H and O–H groups in total. The quantitative estimate of drug-likeness (QED) is 0.0870. The molecule has 7 heterocycles. The summed E-state index contributed by atoms with van der Waals surface area (Å²) in [6.07, 6.45) is 6.46. The summed E-state index contributed by atoms with van der Waals surface area (Å²) in [6, 6.07) is 18.3. The summed E-state index contributed by atoms with van der Waals surface area (Å²) in [6.45, 7) is 8.78. The van der Waals surface area contributed by atoms with Crippen LogP contribution in [0.15, 0.2) is 66.7 Å². The Labute approximate surface area is 391 Å². The summed E-state index contributed by atoms with van der Waals surface area (Å²) in [5.41, 5.74) is -0.0736. The molecule has 67 heavy (non-hydrogen) atoms. The van der Waals surface area contributed by atoms with Crippen molar-refractivity contribution in [1.82, 2.24) is 14.8 Å². The number of anilines is 1. The number of methoxy groups -OCH3 is 4. The van der Waals surface area contributed by atoms with E-state index in [2.05, 4.69) is 70.3 Å². The normalized spacial score (nSPS) is 35.4. The zero-order valence-electron chi connectivity index (χ0n) is 39.8. The summed E-state index contributed by atoms with van der Waals surface area (Å²) in [5.74, 6) is -0.413. The molecule has 354 valence electrons. The molecule has 1 unspecified atom stereocenters. The third-order valence-corrected chi connectivity index (χ3v) is 17.5. The van der Waals surface area contributed by atoms with Crippen LogP contribution in [0, 0.1) is 11.3 Å². The number of likely N-dealkylation sites (N-methyl/N-ethyl adjacent to an activating group) is 1. The molecule has 3 saturated heterocycles. The van der Waals surface area contributed by atoms with Crippen molar-refractivity contribution in [1.29, 1.82) is 0 Å². The molecular formula is C53H62N4O10. The van der Waals surface area contributed by atoms with Gasteiger partial charge in [-0.3, -0.25) is 19.4 Å². The second-order valence-corrected chi connectivity index (χ2v) is 20.3. The molecule has 0 amide bonds. The van der Waals surface area contributed by atoms with Gasteiger partial charge in [0.1, 0.15) is 16.9 Å². The molecule has 6 aliphatic heterocycles. The Morgan fingerprint density at radius 3 is 2.34 bits per heavy atom. The van der Waals surface area contributed by atoms with Gasteiger partial charge < -0.3 is 43.4 Å². The molecule has 11 rings (SSSR count). The van der Waals surface area contributed by atoms with Gasteiger partial charge in [-0.2, -0.15) is 0 Å². The van der Waals surface area contributed by atoms with Gasteiger partial charge in [-0.25, -0.2) is 4.79 Å². The van der Waals surface area contributed by atoms with Crippen LogP contribution in [0.2, 0.25) is 0 Å². The smallest absolute Gasteiger partial charge is 0.347 e. The number of aromatic amines is 1. The monoisotopic (exact) mass is 914 g/mol. The summed E-state index contributed by atoms with van der Waals surface area (Å²) in [5, 5.41) is 13.2. The number of carbonyl (C=O) groups excluding carboxylic acids is 3. The van der Waals surface area contributed by atoms with Crippen LogP contribution in [0.5, 0.6) is 11.5 Å². The minimum absolute atomic E-state index is 0.119. The Morgan fingerprint density at radius 1 is 0.896 bits per heavy atom. The number of nitrogens with zero attached hydrogens (tertiary/aromatic N) is 3. The van der Waals surface area contributed by atoms with E-state index in [0.29, 0.717) is 82.6 Å². The molecular weight excluding hydrogens is 853 g/mol. The maximum atomic E-state index is 15.7. The number of hydrogen-bond donors (Lipinski definition) is 2. The van der Waals surface area contributed by atoms with Gasteiger partial charge >= 0.3 is 17.9 Å². The lowest BCUT2D eigenvalue weighted by Crippen LogP contribution is -2.75. The predicted molar refractivity (Wildman–Crippen MR) is 250 cm³/mol. The molecule has 10 atom stereocenters. The van der Waals surface area contributed by atoms with Gasteiger partial charge in [-0.05, 0) is 104 Å². The third kappa shape index (κ3) is 5.49. The molecule has 1 aliphatic carbocycles. The fourth-order valence-electron chi connectivity index (χ4n) is 14.9. The average Bonchev–Trinajstić information content (AvgIpc) is 3.58. The number of esters is 3. The summed E-state index contributed by atoms with van der Waals surface area (Å²) in [7, 11) is 8.04. The number of carbonyl (C=O) groups is 3. The predicted octanol–water partition coefficient (Wildman–Crippen LogP) is 6.03. The minimum atomic E-state index is -1.68. The lowest BCUT2D eigenvalue weighted by atomic mass is 9.49. The van der Waals surface area contributed by atoms with Crippen molar-refractivity contribution in [2.75, 3.05) is 73.1 Å². The van der Waals surface area contributed by atoms with Crippen LogP contribution in [-0.4, -0.2) is 135 Å². The van der Waals surface area contributed by atoms with Gasteiger partial charge in [0.05, 0.1) is 39.5 Å². The van der Waals surface area contributed by atoms with Crippen LogP contribution in [0.25, 0.3) is 22.0 Å². The molecule has 2 spiro atoms. The number of aliphatic hydroxyl groups is 1. The van der Waals surface area contributed by atoms with E-state index in [1.54, 1.807) is 14.2 Å². The SMILES string of the molecule is CC[C@]1(O)C[C@H]2CN(CCc3c([nH]c4ccc(-c5ccc(OC)cc5)cc34)[C@@](C(=O)OC)(c3cc4c(cc3OC)N(C)[C@@]35O[C@]3(C(=O)OC)[C@H](OC(C)=O)[C@]3(CC)C=CCN6CC[C@]45[C@@H]63)C2)C1. The first kappa shape index (κ1) is 44.1. The Bertz CT molecular complexity index is 2750. The van der Waals surface area contributed by atoms with Crippen molar-refractivity contribution in [3.63, 3.8) is 0 Å². The molecule has 1 aromatic heterocycles. The first-order valence-electron chi connectivity index (χ1n) is 23.9. The van der Waals surface area contributed by atoms with E-state index in [1.165, 1.54) is 21.1 Å². The Balaban J connectivity index is 1.20. The van der Waals surface area contributed by atoms with E-state index in [1.807, 2.05) is 37.1 Å². The van der Waals surface area contributed by atoms with E-state index < -0.39 is 57.2 Å². The van der Waals surface area contributed by atoms with Crippen LogP contribution in [0.1, 0.15) is 75.3 Å². The van der Waals surface area contributed by atoms with E-state index in [9.17, 15) is 14.7 Å². The van der Waals surface area contributed by atoms with Crippen LogP contribution >= 0.6 is 0 Å². The largest absolute Gasteiger partial charge is 0.497 e. The highest BCUT2D eigenvalue weighted by molar-refractivity contribution is 5.97. The highest BCUT2D eigenvalue weighted by atomic mass is 16.7. The zero-order chi connectivity index (χ0) is 47.1. The summed E-state index contributed by atoms with van der Waals surface area (Å²) >= 11 is 0. The molecule has 7 aliphatic rings. The number of benzene rings is 3. The number of hydrogen-bond acceptors (Lipinski definition) is 13. The summed E-state index contributed by atoms with van der Waals surface area (Å²) in [4.78, 5) is 54.3. The number of fused-ring (bicyclic) bond motifs is 6. The number of epoxide rings is 1. The average molecular weight is 915 g/mol. The van der Waals surface area contributed by atoms with Crippen molar-refractivity contribution in [3.8, 4) is 22.6 Å². The number of nitrogens with one attached hydrogen (secondary N) is 1. The molecule has 1 saturated carbocycles. The van der Waals surface area contributed by atoms with Gasteiger partial charge in [0.25, 0.3) is 5.60 Å². The Morgan fingerprint density at radius 2 is 1.66 bits per heavy atom. The van der Waals surface area contributed by atoms with Gasteiger partial charge in [0.15, 0.2) is 11.8 Å². The van der Waals surface area contributed by atoms with Gasteiger partial charge in [0.2, 0.25) is 0 Å². The maximum absolute atomic E-state index is 15.7. The van der Waals surface area contributed by atoms with Crippen LogP contribution in [0.4, 0.5) is 5.69 Å². The van der Waals surface area contributed by atoms with Gasteiger partial charge in [-0.15, -0.1) is 0 Å². The fourth-order valence-corrected chi connectivity index (χ4v) is 14.9. The molecule has 2 bridgehead atoms. The lowest BCUT2D eigenvalue weighted by Gasteiger charge is -2.58. The van der Waals surface area contributed by atoms with Crippen LogP contribution in [0.3, 0.4) is 0 Å². The van der Waals surface area contributed by atoms with Gasteiger partial charge in [0, 0.05) is 85.5 Å². The van der Waals surface area contributed by atoms with Crippen LogP contribution < -0.4 is 14.4 Å².